The van der Waals surface area contributed by atoms with Crippen LogP contribution in [0.5, 0.6) is 0 Å². The molecular weight excluding hydrogens is 128 g/mol. The van der Waals surface area contributed by atoms with E-state index in [1.165, 1.54) is 6.20 Å². The van der Waals surface area contributed by atoms with Crippen molar-refractivity contribution >= 4 is 5.91 Å². The molecule has 0 bridgehead atoms. The van der Waals surface area contributed by atoms with Crippen molar-refractivity contribution in [3.63, 3.8) is 0 Å². The van der Waals surface area contributed by atoms with Crippen molar-refractivity contribution in [2.24, 2.45) is 5.73 Å². The van der Waals surface area contributed by atoms with Gasteiger partial charge in [0, 0.05) is 20.9 Å². The maximum atomic E-state index is 10.9. The predicted molar refractivity (Wildman–Crippen MR) is 41.3 cm³/mol. The Labute approximate surface area is 62.0 Å². The third-order valence-corrected chi connectivity index (χ3v) is 1.63. The van der Waals surface area contributed by atoms with Gasteiger partial charge in [-0.3, -0.25) is 4.79 Å². The van der Waals surface area contributed by atoms with Crippen LogP contribution in [0.25, 0.3) is 0 Å². The summed E-state index contributed by atoms with van der Waals surface area (Å²) < 4.78 is 0. The minimum atomic E-state index is 0. The Hall–Kier alpha value is -0.990. The third kappa shape index (κ3) is 1.50. The first-order valence-corrected chi connectivity index (χ1v) is 3.49. The molecule has 1 aliphatic rings. The largest absolute Gasteiger partial charge is 0.405 e. The molecule has 1 fully saturated rings. The summed E-state index contributed by atoms with van der Waals surface area (Å²) >= 11 is 0. The van der Waals surface area contributed by atoms with E-state index in [0.29, 0.717) is 13.0 Å². The summed E-state index contributed by atoms with van der Waals surface area (Å²) in [5.41, 5.74) is 5.13. The second-order valence-corrected chi connectivity index (χ2v) is 2.37. The molecule has 3 nitrogen and oxygen atoms in total. The van der Waals surface area contributed by atoms with E-state index in [4.69, 9.17) is 5.73 Å². The van der Waals surface area contributed by atoms with Crippen LogP contribution in [0.2, 0.25) is 0 Å². The van der Waals surface area contributed by atoms with E-state index in [-0.39, 0.29) is 7.33 Å². The Morgan fingerprint density at radius 2 is 2.60 bits per heavy atom. The predicted octanol–water partition coefficient (Wildman–Crippen LogP) is 0.327. The third-order valence-electron chi connectivity index (χ3n) is 1.63. The molecule has 0 aliphatic carbocycles. The van der Waals surface area contributed by atoms with Gasteiger partial charge < -0.3 is 10.6 Å². The van der Waals surface area contributed by atoms with Crippen LogP contribution < -0.4 is 5.73 Å². The molecule has 0 saturated carbocycles. The van der Waals surface area contributed by atoms with Gasteiger partial charge in [0.05, 0.1) is 0 Å². The summed E-state index contributed by atoms with van der Waals surface area (Å²) in [5.74, 6) is 0.248. The van der Waals surface area contributed by atoms with Gasteiger partial charge in [-0.15, -0.1) is 0 Å². The maximum absolute atomic E-state index is 10.9. The van der Waals surface area contributed by atoms with Gasteiger partial charge in [-0.2, -0.15) is 0 Å². The topological polar surface area (TPSA) is 46.3 Å². The van der Waals surface area contributed by atoms with Gasteiger partial charge in [0.15, 0.2) is 0 Å². The molecule has 0 radical (unpaired) electrons. The number of rotatable bonds is 2. The zero-order valence-corrected chi connectivity index (χ0v) is 5.92. The quantitative estimate of drug-likeness (QED) is 0.603. The average Bonchev–Trinajstić information content (AvgIpc) is 2.31. The fraction of sp³-hybridized carbons (Fsp3) is 0.571. The van der Waals surface area contributed by atoms with Crippen molar-refractivity contribution in [3.05, 3.63) is 12.3 Å². The van der Waals surface area contributed by atoms with Gasteiger partial charge in [0.2, 0.25) is 5.91 Å². The molecule has 1 heterocycles. The molecule has 2 N–H and O–H groups in total. The highest BCUT2D eigenvalue weighted by atomic mass is 16.2. The molecule has 0 aromatic rings. The Bertz CT molecular complexity index is 159. The monoisotopic (exact) mass is 142 g/mol. The van der Waals surface area contributed by atoms with Crippen LogP contribution in [0.1, 0.15) is 14.3 Å². The number of carbonyl (C=O) groups excluding carboxylic acids is 1. The van der Waals surface area contributed by atoms with E-state index in [1.54, 1.807) is 6.08 Å². The van der Waals surface area contributed by atoms with E-state index in [0.717, 1.165) is 13.0 Å². The minimum absolute atomic E-state index is 0. The van der Waals surface area contributed by atoms with E-state index in [9.17, 15) is 4.79 Å². The summed E-state index contributed by atoms with van der Waals surface area (Å²) in [6, 6.07) is 0. The zero-order chi connectivity index (χ0) is 7.40. The number of carbonyl (C=O) groups is 1. The molecule has 0 aromatic carbocycles. The summed E-state index contributed by atoms with van der Waals surface area (Å²) in [7, 11) is 0. The molecule has 0 atom stereocenters. The van der Waals surface area contributed by atoms with Gasteiger partial charge in [-0.05, 0) is 18.7 Å². The molecule has 10 heavy (non-hydrogen) atoms. The molecule has 1 amide bonds. The Morgan fingerprint density at radius 3 is 3.10 bits per heavy atom. The van der Waals surface area contributed by atoms with Crippen LogP contribution in [-0.4, -0.2) is 23.9 Å². The molecule has 1 aliphatic heterocycles. The molecule has 58 valence electrons. The number of hydrogen-bond donors (Lipinski definition) is 1. The van der Waals surface area contributed by atoms with Gasteiger partial charge in [0.25, 0.3) is 0 Å². The molecule has 0 unspecified atom stereocenters. The highest BCUT2D eigenvalue weighted by Crippen LogP contribution is 2.08. The first-order valence-electron chi connectivity index (χ1n) is 3.49. The lowest BCUT2D eigenvalue weighted by Crippen LogP contribution is -2.24. The molecule has 3 heteroatoms. The van der Waals surface area contributed by atoms with Crippen molar-refractivity contribution < 1.29 is 6.22 Å². The van der Waals surface area contributed by atoms with Crippen LogP contribution in [0.15, 0.2) is 12.3 Å². The summed E-state index contributed by atoms with van der Waals surface area (Å²) in [4.78, 5) is 12.7. The minimum Gasteiger partial charge on any atom is -0.405 e. The van der Waals surface area contributed by atoms with E-state index in [2.05, 4.69) is 0 Å². The molecule has 1 rings (SSSR count). The van der Waals surface area contributed by atoms with Crippen molar-refractivity contribution in [2.75, 3.05) is 13.1 Å². The van der Waals surface area contributed by atoms with Crippen molar-refractivity contribution in [1.82, 2.24) is 4.90 Å². The number of nitrogens with two attached hydrogens (primary N) is 1. The Kier molecular flexibility index (Phi) is 2.31. The lowest BCUT2D eigenvalue weighted by Gasteiger charge is -2.11. The van der Waals surface area contributed by atoms with Gasteiger partial charge in [-0.25, -0.2) is 0 Å². The van der Waals surface area contributed by atoms with Crippen LogP contribution >= 0.6 is 0 Å². The molecule has 0 aromatic heterocycles. The Morgan fingerprint density at radius 1 is 1.80 bits per heavy atom. The van der Waals surface area contributed by atoms with Crippen LogP contribution in [0, 0.1) is 0 Å². The highest BCUT2D eigenvalue weighted by Gasteiger charge is 2.17. The van der Waals surface area contributed by atoms with Crippen LogP contribution in [0.3, 0.4) is 0 Å². The fourth-order valence-corrected chi connectivity index (χ4v) is 1.09. The SMILES string of the molecule is N/C=C/CN1CCCC1=O.[HH]. The van der Waals surface area contributed by atoms with Gasteiger partial charge in [0.1, 0.15) is 0 Å². The summed E-state index contributed by atoms with van der Waals surface area (Å²) in [5, 5.41) is 0. The highest BCUT2D eigenvalue weighted by molar-refractivity contribution is 5.78. The van der Waals surface area contributed by atoms with E-state index >= 15 is 0 Å². The summed E-state index contributed by atoms with van der Waals surface area (Å²) in [6.45, 7) is 1.57. The van der Waals surface area contributed by atoms with Crippen LogP contribution in [-0.2, 0) is 4.79 Å². The fourth-order valence-electron chi connectivity index (χ4n) is 1.09. The normalized spacial score (nSPS) is 19.2. The smallest absolute Gasteiger partial charge is 0.222 e. The van der Waals surface area contributed by atoms with Crippen molar-refractivity contribution in [2.45, 2.75) is 12.8 Å². The Balaban J connectivity index is 0.000001000. The standard InChI is InChI=1S/C7H12N2O.H2/c8-4-2-6-9-5-1-3-7(9)10;/h2,4H,1,3,5-6,8H2;1H/b4-2+;. The van der Waals surface area contributed by atoms with Gasteiger partial charge in [-0.1, -0.05) is 0 Å². The lowest BCUT2D eigenvalue weighted by atomic mass is 10.4. The number of hydrogen-bond acceptors (Lipinski definition) is 2. The van der Waals surface area contributed by atoms with E-state index < -0.39 is 0 Å². The van der Waals surface area contributed by atoms with Gasteiger partial charge >= 0.3 is 0 Å². The maximum Gasteiger partial charge on any atom is 0.222 e. The number of nitrogens with zero attached hydrogens (tertiary/aromatic N) is 1. The zero-order valence-electron chi connectivity index (χ0n) is 5.92. The molecular formula is C7H14N2O. The van der Waals surface area contributed by atoms with Crippen molar-refractivity contribution in [1.29, 1.82) is 0 Å². The van der Waals surface area contributed by atoms with Crippen molar-refractivity contribution in [3.8, 4) is 0 Å². The second-order valence-electron chi connectivity index (χ2n) is 2.37. The number of likely N-dealkylation sites (tertiary alicyclic amines) is 1. The van der Waals surface area contributed by atoms with Crippen LogP contribution in [0.4, 0.5) is 0 Å². The number of amides is 1. The summed E-state index contributed by atoms with van der Waals surface area (Å²) in [6.07, 6.45) is 4.98. The average molecular weight is 142 g/mol. The first kappa shape index (κ1) is 7.12. The lowest BCUT2D eigenvalue weighted by molar-refractivity contribution is -0.127. The second kappa shape index (κ2) is 3.25. The first-order chi connectivity index (χ1) is 4.84. The molecule has 1 saturated heterocycles. The molecule has 0 spiro atoms. The van der Waals surface area contributed by atoms with E-state index in [1.807, 2.05) is 4.90 Å².